The molecular weight excluding hydrogens is 474 g/mol. The van der Waals surface area contributed by atoms with E-state index in [4.69, 9.17) is 9.47 Å². The van der Waals surface area contributed by atoms with Crippen molar-refractivity contribution in [3.8, 4) is 17.2 Å². The van der Waals surface area contributed by atoms with Gasteiger partial charge in [0.2, 0.25) is 5.91 Å². The molecule has 0 saturated carbocycles. The van der Waals surface area contributed by atoms with Gasteiger partial charge in [0.05, 0.1) is 18.6 Å². The van der Waals surface area contributed by atoms with Crippen molar-refractivity contribution in [2.75, 3.05) is 18.2 Å². The van der Waals surface area contributed by atoms with Crippen molar-refractivity contribution in [3.63, 3.8) is 0 Å². The van der Waals surface area contributed by atoms with Crippen molar-refractivity contribution >= 4 is 23.4 Å². The molecular formula is C25H22F2N4O3S. The fourth-order valence-corrected chi connectivity index (χ4v) is 4.08. The topological polar surface area (TPSA) is 78.3 Å². The number of amides is 1. The van der Waals surface area contributed by atoms with Crippen molar-refractivity contribution in [2.45, 2.75) is 18.2 Å². The molecule has 1 unspecified atom stereocenters. The van der Waals surface area contributed by atoms with Crippen LogP contribution in [-0.2, 0) is 4.79 Å². The first kappa shape index (κ1) is 24.2. The quantitative estimate of drug-likeness (QED) is 0.312. The number of nitrogens with zero attached hydrogens (tertiary/aromatic N) is 3. The van der Waals surface area contributed by atoms with Crippen LogP contribution in [0, 0.1) is 11.6 Å². The maximum Gasteiger partial charge on any atom is 0.234 e. The zero-order valence-electron chi connectivity index (χ0n) is 18.9. The zero-order chi connectivity index (χ0) is 24.8. The SMILES string of the molecule is COc1ccccc1OC(C)c1nnc(SCC(=O)Nc2ccc(F)cc2F)n1-c1ccccc1. The number of carbonyl (C=O) groups excluding carboxylic acids is 1. The minimum Gasteiger partial charge on any atom is -0.493 e. The lowest BCUT2D eigenvalue weighted by Crippen LogP contribution is -2.16. The molecule has 7 nitrogen and oxygen atoms in total. The minimum absolute atomic E-state index is 0.0659. The number of anilines is 1. The summed E-state index contributed by atoms with van der Waals surface area (Å²) >= 11 is 1.13. The summed E-state index contributed by atoms with van der Waals surface area (Å²) in [5, 5.41) is 11.5. The maximum absolute atomic E-state index is 13.9. The van der Waals surface area contributed by atoms with Crippen LogP contribution in [0.3, 0.4) is 0 Å². The third-order valence-corrected chi connectivity index (χ3v) is 5.88. The second-order valence-corrected chi connectivity index (χ2v) is 8.33. The average Bonchev–Trinajstić information content (AvgIpc) is 3.29. The molecule has 35 heavy (non-hydrogen) atoms. The number of benzene rings is 3. The number of methoxy groups -OCH3 is 1. The second kappa shape index (κ2) is 11.0. The van der Waals surface area contributed by atoms with Crippen LogP contribution in [0.15, 0.2) is 78.0 Å². The molecule has 1 atom stereocenters. The van der Waals surface area contributed by atoms with Crippen molar-refractivity contribution in [1.82, 2.24) is 14.8 Å². The van der Waals surface area contributed by atoms with Crippen molar-refractivity contribution < 1.29 is 23.0 Å². The van der Waals surface area contributed by atoms with Crippen molar-refractivity contribution in [1.29, 1.82) is 0 Å². The molecule has 3 aromatic carbocycles. The van der Waals surface area contributed by atoms with Gasteiger partial charge in [-0.1, -0.05) is 42.1 Å². The Morgan fingerprint density at radius 1 is 1.03 bits per heavy atom. The van der Waals surface area contributed by atoms with E-state index >= 15 is 0 Å². The standard InChI is InChI=1S/C25H22F2N4O3S/c1-16(34-22-11-7-6-10-21(22)33-2)24-29-30-25(31(24)18-8-4-3-5-9-18)35-15-23(32)28-20-13-12-17(26)14-19(20)27/h3-14,16H,15H2,1-2H3,(H,28,32). The molecule has 180 valence electrons. The summed E-state index contributed by atoms with van der Waals surface area (Å²) in [5.74, 6) is -0.436. The van der Waals surface area contributed by atoms with Gasteiger partial charge in [-0.3, -0.25) is 9.36 Å². The number of hydrogen-bond acceptors (Lipinski definition) is 6. The molecule has 0 fully saturated rings. The van der Waals surface area contributed by atoms with Crippen LogP contribution >= 0.6 is 11.8 Å². The van der Waals surface area contributed by atoms with E-state index in [1.54, 1.807) is 23.8 Å². The largest absolute Gasteiger partial charge is 0.493 e. The lowest BCUT2D eigenvalue weighted by molar-refractivity contribution is -0.113. The van der Waals surface area contributed by atoms with E-state index in [2.05, 4.69) is 15.5 Å². The molecule has 1 heterocycles. The average molecular weight is 497 g/mol. The van der Waals surface area contributed by atoms with Crippen LogP contribution in [0.25, 0.3) is 5.69 Å². The van der Waals surface area contributed by atoms with E-state index in [-0.39, 0.29) is 11.4 Å². The van der Waals surface area contributed by atoms with E-state index in [9.17, 15) is 13.6 Å². The zero-order valence-corrected chi connectivity index (χ0v) is 19.8. The number of ether oxygens (including phenoxy) is 2. The van der Waals surface area contributed by atoms with Gasteiger partial charge in [0.15, 0.2) is 28.6 Å². The summed E-state index contributed by atoms with van der Waals surface area (Å²) in [6.45, 7) is 1.84. The van der Waals surface area contributed by atoms with Crippen LogP contribution in [0.5, 0.6) is 11.5 Å². The van der Waals surface area contributed by atoms with Crippen molar-refractivity contribution in [2.24, 2.45) is 0 Å². The normalized spacial score (nSPS) is 11.7. The molecule has 0 spiro atoms. The highest BCUT2D eigenvalue weighted by atomic mass is 32.2. The van der Waals surface area contributed by atoms with Crippen LogP contribution in [0.1, 0.15) is 18.9 Å². The second-order valence-electron chi connectivity index (χ2n) is 7.38. The van der Waals surface area contributed by atoms with Crippen LogP contribution in [0.2, 0.25) is 0 Å². The van der Waals surface area contributed by atoms with Gasteiger partial charge in [0.25, 0.3) is 0 Å². The molecule has 0 aliphatic rings. The highest BCUT2D eigenvalue weighted by Crippen LogP contribution is 2.32. The van der Waals surface area contributed by atoms with E-state index in [1.807, 2.05) is 49.4 Å². The third kappa shape index (κ3) is 5.78. The molecule has 1 N–H and O–H groups in total. The number of aromatic nitrogens is 3. The fourth-order valence-electron chi connectivity index (χ4n) is 3.32. The Hall–Kier alpha value is -3.92. The van der Waals surface area contributed by atoms with E-state index in [0.717, 1.165) is 23.5 Å². The molecule has 4 rings (SSSR count). The molecule has 10 heteroatoms. The molecule has 0 saturated heterocycles. The van der Waals surface area contributed by atoms with Gasteiger partial charge in [-0.25, -0.2) is 8.78 Å². The van der Waals surface area contributed by atoms with Gasteiger partial charge in [0.1, 0.15) is 11.6 Å². The van der Waals surface area contributed by atoms with E-state index in [1.165, 1.54) is 6.07 Å². The highest BCUT2D eigenvalue weighted by Gasteiger charge is 2.22. The third-order valence-electron chi connectivity index (χ3n) is 4.95. The van der Waals surface area contributed by atoms with Crippen LogP contribution in [0.4, 0.5) is 14.5 Å². The van der Waals surface area contributed by atoms with Crippen LogP contribution in [-0.4, -0.2) is 33.5 Å². The Morgan fingerprint density at radius 2 is 1.74 bits per heavy atom. The Kier molecular flexibility index (Phi) is 7.61. The first-order chi connectivity index (χ1) is 17.0. The molecule has 0 radical (unpaired) electrons. The van der Waals surface area contributed by atoms with Gasteiger partial charge in [-0.05, 0) is 43.3 Å². The monoisotopic (exact) mass is 496 g/mol. The van der Waals surface area contributed by atoms with Gasteiger partial charge < -0.3 is 14.8 Å². The Labute approximate surface area is 205 Å². The molecule has 0 aliphatic carbocycles. The van der Waals surface area contributed by atoms with Gasteiger partial charge in [-0.2, -0.15) is 0 Å². The Balaban J connectivity index is 1.55. The summed E-state index contributed by atoms with van der Waals surface area (Å²) < 4.78 is 40.3. The number of para-hydroxylation sites is 3. The van der Waals surface area contributed by atoms with Crippen molar-refractivity contribution in [3.05, 3.63) is 90.3 Å². The summed E-state index contributed by atoms with van der Waals surface area (Å²) in [4.78, 5) is 12.4. The number of carbonyl (C=O) groups is 1. The minimum atomic E-state index is -0.847. The number of thioether (sulfide) groups is 1. The predicted molar refractivity (Wildman–Crippen MR) is 129 cm³/mol. The number of nitrogens with one attached hydrogen (secondary N) is 1. The molecule has 1 aromatic heterocycles. The summed E-state index contributed by atoms with van der Waals surface area (Å²) in [7, 11) is 1.57. The smallest absolute Gasteiger partial charge is 0.234 e. The summed E-state index contributed by atoms with van der Waals surface area (Å²) in [5.41, 5.74) is 0.691. The Bertz CT molecular complexity index is 1320. The van der Waals surface area contributed by atoms with Crippen LogP contribution < -0.4 is 14.8 Å². The predicted octanol–water partition coefficient (Wildman–Crippen LogP) is 5.42. The summed E-state index contributed by atoms with van der Waals surface area (Å²) in [6.07, 6.45) is -0.504. The lowest BCUT2D eigenvalue weighted by Gasteiger charge is -2.18. The number of halogens is 2. The molecule has 0 bridgehead atoms. The molecule has 0 aliphatic heterocycles. The summed E-state index contributed by atoms with van der Waals surface area (Å²) in [6, 6.07) is 19.7. The fraction of sp³-hybridized carbons (Fsp3) is 0.160. The molecule has 4 aromatic rings. The first-order valence-corrected chi connectivity index (χ1v) is 11.6. The van der Waals surface area contributed by atoms with Gasteiger partial charge in [-0.15, -0.1) is 10.2 Å². The van der Waals surface area contributed by atoms with Gasteiger partial charge >= 0.3 is 0 Å². The van der Waals surface area contributed by atoms with E-state index in [0.29, 0.717) is 28.5 Å². The number of hydrogen-bond donors (Lipinski definition) is 1. The first-order valence-electron chi connectivity index (χ1n) is 10.6. The molecule has 1 amide bonds. The highest BCUT2D eigenvalue weighted by molar-refractivity contribution is 7.99. The van der Waals surface area contributed by atoms with E-state index < -0.39 is 23.6 Å². The lowest BCUT2D eigenvalue weighted by atomic mass is 10.3. The maximum atomic E-state index is 13.9. The Morgan fingerprint density at radius 3 is 2.46 bits per heavy atom. The number of rotatable bonds is 9. The van der Waals surface area contributed by atoms with Gasteiger partial charge in [0, 0.05) is 11.8 Å².